The lowest BCUT2D eigenvalue weighted by atomic mass is 9.76. The van der Waals surface area contributed by atoms with Gasteiger partial charge < -0.3 is 5.11 Å². The monoisotopic (exact) mass is 286 g/mol. The summed E-state index contributed by atoms with van der Waals surface area (Å²) in [6, 6.07) is 9.03. The Balaban J connectivity index is 1.96. The van der Waals surface area contributed by atoms with Crippen LogP contribution in [-0.4, -0.2) is 11.1 Å². The molecule has 1 fully saturated rings. The minimum atomic E-state index is -0.745. The van der Waals surface area contributed by atoms with E-state index in [9.17, 15) is 9.90 Å². The lowest BCUT2D eigenvalue weighted by molar-refractivity contribution is -0.133. The molecule has 2 heteroatoms. The van der Waals surface area contributed by atoms with Crippen LogP contribution in [0.3, 0.4) is 0 Å². The Kier molecular flexibility index (Phi) is 5.60. The molecule has 0 radical (unpaired) electrons. The van der Waals surface area contributed by atoms with E-state index in [1.807, 2.05) is 6.92 Å². The van der Waals surface area contributed by atoms with E-state index in [4.69, 9.17) is 0 Å². The minimum Gasteiger partial charge on any atom is -0.478 e. The van der Waals surface area contributed by atoms with Gasteiger partial charge in [-0.15, -0.1) is 0 Å². The van der Waals surface area contributed by atoms with Gasteiger partial charge in [-0.3, -0.25) is 0 Å². The van der Waals surface area contributed by atoms with Crippen molar-refractivity contribution in [3.8, 4) is 0 Å². The Hall–Kier alpha value is -1.57. The molecule has 0 aromatic heterocycles. The third-order valence-electron chi connectivity index (χ3n) is 4.71. The van der Waals surface area contributed by atoms with Gasteiger partial charge in [0.05, 0.1) is 0 Å². The predicted molar refractivity (Wildman–Crippen MR) is 86.5 cm³/mol. The molecule has 0 saturated heterocycles. The summed E-state index contributed by atoms with van der Waals surface area (Å²) >= 11 is 0. The summed E-state index contributed by atoms with van der Waals surface area (Å²) in [6.45, 7) is 4.04. The van der Waals surface area contributed by atoms with Gasteiger partial charge >= 0.3 is 5.97 Å². The van der Waals surface area contributed by atoms with Crippen LogP contribution in [0.25, 0.3) is 0 Å². The number of aryl methyl sites for hydroxylation is 1. The lowest BCUT2D eigenvalue weighted by Crippen LogP contribution is -2.19. The van der Waals surface area contributed by atoms with Gasteiger partial charge in [0.1, 0.15) is 0 Å². The van der Waals surface area contributed by atoms with Gasteiger partial charge in [0.25, 0.3) is 0 Å². The SMILES string of the molecule is CC=C(C(=O)O)C1CCC(c2ccc(CCC)cc2)CC1. The molecule has 0 heterocycles. The Morgan fingerprint density at radius 3 is 2.29 bits per heavy atom. The first-order chi connectivity index (χ1) is 10.2. The highest BCUT2D eigenvalue weighted by atomic mass is 16.4. The number of carboxylic acid groups (broad SMARTS) is 1. The molecule has 0 aliphatic heterocycles. The Morgan fingerprint density at radius 1 is 1.19 bits per heavy atom. The van der Waals surface area contributed by atoms with E-state index in [0.717, 1.165) is 32.1 Å². The van der Waals surface area contributed by atoms with Crippen LogP contribution in [0.2, 0.25) is 0 Å². The summed E-state index contributed by atoms with van der Waals surface area (Å²) in [5.41, 5.74) is 3.44. The fourth-order valence-electron chi connectivity index (χ4n) is 3.52. The molecule has 0 atom stereocenters. The van der Waals surface area contributed by atoms with Gasteiger partial charge in [0, 0.05) is 5.57 Å². The molecule has 2 rings (SSSR count). The van der Waals surface area contributed by atoms with Gasteiger partial charge in [0.2, 0.25) is 0 Å². The molecule has 0 spiro atoms. The maximum atomic E-state index is 11.2. The van der Waals surface area contributed by atoms with Crippen molar-refractivity contribution in [2.24, 2.45) is 5.92 Å². The number of rotatable bonds is 5. The van der Waals surface area contributed by atoms with Crippen LogP contribution in [0.4, 0.5) is 0 Å². The topological polar surface area (TPSA) is 37.3 Å². The number of hydrogen-bond donors (Lipinski definition) is 1. The van der Waals surface area contributed by atoms with Gasteiger partial charge in [-0.2, -0.15) is 0 Å². The van der Waals surface area contributed by atoms with Crippen molar-refractivity contribution in [1.29, 1.82) is 0 Å². The van der Waals surface area contributed by atoms with E-state index in [1.54, 1.807) is 6.08 Å². The molecule has 1 aliphatic carbocycles. The lowest BCUT2D eigenvalue weighted by Gasteiger charge is -2.29. The molecule has 1 aromatic rings. The van der Waals surface area contributed by atoms with Crippen LogP contribution in [0.15, 0.2) is 35.9 Å². The van der Waals surface area contributed by atoms with E-state index >= 15 is 0 Å². The average molecular weight is 286 g/mol. The van der Waals surface area contributed by atoms with Crippen molar-refractivity contribution < 1.29 is 9.90 Å². The molecule has 21 heavy (non-hydrogen) atoms. The summed E-state index contributed by atoms with van der Waals surface area (Å²) in [5.74, 6) is 0.0943. The maximum Gasteiger partial charge on any atom is 0.331 e. The number of allylic oxidation sites excluding steroid dienone is 1. The molecule has 114 valence electrons. The van der Waals surface area contributed by atoms with Crippen LogP contribution in [0.1, 0.15) is 63.0 Å². The number of carboxylic acids is 1. The Morgan fingerprint density at radius 2 is 1.81 bits per heavy atom. The zero-order valence-electron chi connectivity index (χ0n) is 13.1. The minimum absolute atomic E-state index is 0.239. The normalized spacial score (nSPS) is 23.0. The molecule has 1 N–H and O–H groups in total. The summed E-state index contributed by atoms with van der Waals surface area (Å²) in [4.78, 5) is 11.2. The van der Waals surface area contributed by atoms with Crippen LogP contribution < -0.4 is 0 Å². The predicted octanol–water partition coefficient (Wildman–Crippen LogP) is 4.94. The highest BCUT2D eigenvalue weighted by molar-refractivity contribution is 5.87. The first-order valence-electron chi connectivity index (χ1n) is 8.14. The number of hydrogen-bond acceptors (Lipinski definition) is 1. The molecule has 0 amide bonds. The second-order valence-electron chi connectivity index (χ2n) is 6.09. The second-order valence-corrected chi connectivity index (χ2v) is 6.09. The fraction of sp³-hybridized carbons (Fsp3) is 0.526. The third-order valence-corrected chi connectivity index (χ3v) is 4.71. The molecule has 2 nitrogen and oxygen atoms in total. The molecular weight excluding hydrogens is 260 g/mol. The first-order valence-corrected chi connectivity index (χ1v) is 8.14. The molecule has 0 bridgehead atoms. The van der Waals surface area contributed by atoms with E-state index in [1.165, 1.54) is 17.5 Å². The number of benzene rings is 1. The van der Waals surface area contributed by atoms with E-state index < -0.39 is 5.97 Å². The molecular formula is C19H26O2. The second kappa shape index (κ2) is 7.44. The van der Waals surface area contributed by atoms with E-state index in [2.05, 4.69) is 31.2 Å². The van der Waals surface area contributed by atoms with E-state index in [0.29, 0.717) is 11.5 Å². The van der Waals surface area contributed by atoms with Gasteiger partial charge in [-0.1, -0.05) is 43.7 Å². The molecule has 0 unspecified atom stereocenters. The molecule has 1 aliphatic rings. The molecule has 1 aromatic carbocycles. The van der Waals surface area contributed by atoms with Gasteiger partial charge in [0.15, 0.2) is 0 Å². The summed E-state index contributed by atoms with van der Waals surface area (Å²) in [5, 5.41) is 9.22. The number of aliphatic carboxylic acids is 1. The summed E-state index contributed by atoms with van der Waals surface area (Å²) < 4.78 is 0. The maximum absolute atomic E-state index is 11.2. The van der Waals surface area contributed by atoms with Crippen LogP contribution in [0.5, 0.6) is 0 Å². The van der Waals surface area contributed by atoms with Crippen molar-refractivity contribution in [3.63, 3.8) is 0 Å². The third kappa shape index (κ3) is 3.96. The standard InChI is InChI=1S/C19H26O2/c1-3-5-14-6-8-15(9-7-14)16-10-12-17(13-11-16)18(4-2)19(20)21/h4,6-9,16-17H,3,5,10-13H2,1-2H3,(H,20,21). The fourth-order valence-corrected chi connectivity index (χ4v) is 3.52. The smallest absolute Gasteiger partial charge is 0.331 e. The van der Waals surface area contributed by atoms with Crippen LogP contribution >= 0.6 is 0 Å². The van der Waals surface area contributed by atoms with E-state index in [-0.39, 0.29) is 5.92 Å². The zero-order valence-corrected chi connectivity index (χ0v) is 13.1. The molecule has 1 saturated carbocycles. The highest BCUT2D eigenvalue weighted by Crippen LogP contribution is 2.38. The zero-order chi connectivity index (χ0) is 15.2. The summed E-state index contributed by atoms with van der Waals surface area (Å²) in [7, 11) is 0. The van der Waals surface area contributed by atoms with Gasteiger partial charge in [-0.05, 0) is 62.0 Å². The van der Waals surface area contributed by atoms with Crippen LogP contribution in [0, 0.1) is 5.92 Å². The van der Waals surface area contributed by atoms with Crippen molar-refractivity contribution in [1.82, 2.24) is 0 Å². The first kappa shape index (κ1) is 15.8. The van der Waals surface area contributed by atoms with Crippen molar-refractivity contribution in [3.05, 3.63) is 47.0 Å². The Labute approximate surface area is 127 Å². The van der Waals surface area contributed by atoms with Gasteiger partial charge in [-0.25, -0.2) is 4.79 Å². The largest absolute Gasteiger partial charge is 0.478 e. The van der Waals surface area contributed by atoms with Crippen LogP contribution in [-0.2, 0) is 11.2 Å². The van der Waals surface area contributed by atoms with Crippen molar-refractivity contribution in [2.75, 3.05) is 0 Å². The number of carbonyl (C=O) groups is 1. The average Bonchev–Trinajstić information content (AvgIpc) is 2.49. The van der Waals surface area contributed by atoms with Crippen molar-refractivity contribution >= 4 is 5.97 Å². The van der Waals surface area contributed by atoms with Crippen molar-refractivity contribution in [2.45, 2.75) is 58.3 Å². The summed E-state index contributed by atoms with van der Waals surface area (Å²) in [6.07, 6.45) is 8.29. The quantitative estimate of drug-likeness (QED) is 0.778. The Bertz CT molecular complexity index is 491. The highest BCUT2D eigenvalue weighted by Gasteiger charge is 2.27.